The molecule has 2 heterocycles. The second kappa shape index (κ2) is 10.1. The number of carbonyl (C=O) groups excluding carboxylic acids is 2. The van der Waals surface area contributed by atoms with Crippen molar-refractivity contribution in [3.05, 3.63) is 82.5 Å². The van der Waals surface area contributed by atoms with Gasteiger partial charge >= 0.3 is 12.1 Å². The molecule has 0 fully saturated rings. The van der Waals surface area contributed by atoms with Crippen molar-refractivity contribution < 1.29 is 27.2 Å². The number of rotatable bonds is 4. The monoisotopic (exact) mass is 476 g/mol. The van der Waals surface area contributed by atoms with E-state index in [-0.39, 0.29) is 28.6 Å². The number of hydrogen-bond donors (Lipinski definition) is 2. The van der Waals surface area contributed by atoms with Crippen LogP contribution >= 0.6 is 11.6 Å². The molecule has 2 N–H and O–H groups in total. The largest absolute Gasteiger partial charge is 0.471 e. The molecule has 1 aromatic carbocycles. The van der Waals surface area contributed by atoms with Crippen LogP contribution in [0.4, 0.5) is 29.1 Å². The molecule has 6 nitrogen and oxygen atoms in total. The van der Waals surface area contributed by atoms with Crippen LogP contribution in [0.3, 0.4) is 0 Å². The van der Waals surface area contributed by atoms with Crippen molar-refractivity contribution in [1.29, 1.82) is 0 Å². The van der Waals surface area contributed by atoms with E-state index in [1.165, 1.54) is 54.9 Å². The van der Waals surface area contributed by atoms with Crippen molar-refractivity contribution in [1.82, 2.24) is 9.97 Å². The van der Waals surface area contributed by atoms with Crippen molar-refractivity contribution >= 4 is 34.9 Å². The van der Waals surface area contributed by atoms with Crippen LogP contribution in [0.15, 0.2) is 54.9 Å². The first-order chi connectivity index (χ1) is 15.6. The summed E-state index contributed by atoms with van der Waals surface area (Å²) < 4.78 is 50.7. The van der Waals surface area contributed by atoms with Crippen LogP contribution in [-0.2, 0) is 16.0 Å². The molecule has 11 heteroatoms. The lowest BCUT2D eigenvalue weighted by atomic mass is 10.1. The molecule has 0 saturated carbocycles. The molecule has 0 bridgehead atoms. The summed E-state index contributed by atoms with van der Waals surface area (Å²) >= 11 is 5.89. The maximum Gasteiger partial charge on any atom is 0.471 e. The van der Waals surface area contributed by atoms with Gasteiger partial charge in [-0.15, -0.1) is 0 Å². The summed E-state index contributed by atoms with van der Waals surface area (Å²) in [6.07, 6.45) is -2.53. The number of amides is 2. The van der Waals surface area contributed by atoms with Crippen LogP contribution < -0.4 is 10.6 Å². The second-order valence-electron chi connectivity index (χ2n) is 6.50. The van der Waals surface area contributed by atoms with Gasteiger partial charge < -0.3 is 10.6 Å². The second-order valence-corrected chi connectivity index (χ2v) is 6.91. The standard InChI is InChI=1S/C22H13ClF4N4O2/c23-16-8-10-28-17(20(16)31-21(33)22(25,26)27)6-3-14-7-9-29-18(11-14)30-19(32)12-13-1-4-15(24)5-2-13/h1-2,4-5,7-11H,12H2,(H,31,33)(H,29,30,32). The minimum atomic E-state index is -5.12. The van der Waals surface area contributed by atoms with Gasteiger partial charge in [-0.1, -0.05) is 29.7 Å². The molecule has 0 unspecified atom stereocenters. The van der Waals surface area contributed by atoms with E-state index in [0.717, 1.165) is 0 Å². The Balaban J connectivity index is 1.76. The third-order valence-corrected chi connectivity index (χ3v) is 4.34. The van der Waals surface area contributed by atoms with E-state index in [1.807, 2.05) is 0 Å². The van der Waals surface area contributed by atoms with Gasteiger partial charge in [-0.25, -0.2) is 14.4 Å². The number of benzene rings is 1. The Morgan fingerprint density at radius 1 is 0.970 bits per heavy atom. The molecule has 0 aliphatic carbocycles. The predicted molar refractivity (Wildman–Crippen MR) is 113 cm³/mol. The zero-order valence-electron chi connectivity index (χ0n) is 16.5. The third kappa shape index (κ3) is 6.75. The summed E-state index contributed by atoms with van der Waals surface area (Å²) in [5.41, 5.74) is 0.400. The first-order valence-corrected chi connectivity index (χ1v) is 9.54. The molecule has 2 aromatic heterocycles. The van der Waals surface area contributed by atoms with E-state index in [9.17, 15) is 27.2 Å². The Hall–Kier alpha value is -3.97. The molecule has 0 spiro atoms. The van der Waals surface area contributed by atoms with E-state index in [0.29, 0.717) is 11.1 Å². The van der Waals surface area contributed by atoms with Crippen LogP contribution in [0.1, 0.15) is 16.8 Å². The van der Waals surface area contributed by atoms with E-state index in [1.54, 1.807) is 5.32 Å². The van der Waals surface area contributed by atoms with Crippen LogP contribution in [0.2, 0.25) is 5.02 Å². The zero-order chi connectivity index (χ0) is 24.0. The molecule has 0 atom stereocenters. The number of aromatic nitrogens is 2. The SMILES string of the molecule is O=C(Cc1ccc(F)cc1)Nc1cc(C#Cc2nccc(Cl)c2NC(=O)C(F)(F)F)ccn1. The van der Waals surface area contributed by atoms with Gasteiger partial charge in [-0.05, 0) is 41.8 Å². The van der Waals surface area contributed by atoms with E-state index < -0.39 is 23.8 Å². The molecule has 0 radical (unpaired) electrons. The minimum Gasteiger partial charge on any atom is -0.315 e. The van der Waals surface area contributed by atoms with Crippen molar-refractivity contribution in [3.63, 3.8) is 0 Å². The van der Waals surface area contributed by atoms with Crippen molar-refractivity contribution in [2.24, 2.45) is 0 Å². The molecule has 2 amide bonds. The third-order valence-electron chi connectivity index (χ3n) is 4.03. The smallest absolute Gasteiger partial charge is 0.315 e. The molecular formula is C22H13ClF4N4O2. The minimum absolute atomic E-state index is 0.00738. The highest BCUT2D eigenvalue weighted by Crippen LogP contribution is 2.26. The fraction of sp³-hybridized carbons (Fsp3) is 0.0909. The first-order valence-electron chi connectivity index (χ1n) is 9.17. The molecule has 0 saturated heterocycles. The van der Waals surface area contributed by atoms with Gasteiger partial charge in [0.05, 0.1) is 17.1 Å². The molecule has 3 aromatic rings. The fourth-order valence-electron chi connectivity index (χ4n) is 2.52. The number of pyridine rings is 2. The Morgan fingerprint density at radius 3 is 2.36 bits per heavy atom. The highest BCUT2D eigenvalue weighted by atomic mass is 35.5. The quantitative estimate of drug-likeness (QED) is 0.433. The summed E-state index contributed by atoms with van der Waals surface area (Å²) in [6, 6.07) is 9.60. The van der Waals surface area contributed by atoms with Gasteiger partial charge in [0.1, 0.15) is 17.3 Å². The topological polar surface area (TPSA) is 84.0 Å². The highest BCUT2D eigenvalue weighted by molar-refractivity contribution is 6.34. The number of anilines is 2. The van der Waals surface area contributed by atoms with Gasteiger partial charge in [0.15, 0.2) is 0 Å². The summed E-state index contributed by atoms with van der Waals surface area (Å²) in [4.78, 5) is 31.3. The van der Waals surface area contributed by atoms with Gasteiger partial charge in [0.2, 0.25) is 5.91 Å². The number of alkyl halides is 3. The lowest BCUT2D eigenvalue weighted by Gasteiger charge is -2.10. The van der Waals surface area contributed by atoms with Crippen molar-refractivity contribution in [3.8, 4) is 11.8 Å². The highest BCUT2D eigenvalue weighted by Gasteiger charge is 2.39. The van der Waals surface area contributed by atoms with Gasteiger partial charge in [0, 0.05) is 18.0 Å². The molecule has 3 rings (SSSR count). The Labute approximate surface area is 190 Å². The Kier molecular flexibility index (Phi) is 7.25. The fourth-order valence-corrected chi connectivity index (χ4v) is 2.71. The summed E-state index contributed by atoms with van der Waals surface area (Å²) in [5, 5.41) is 4.07. The lowest BCUT2D eigenvalue weighted by Crippen LogP contribution is -2.30. The Bertz CT molecular complexity index is 1250. The van der Waals surface area contributed by atoms with Crippen LogP contribution in [0.5, 0.6) is 0 Å². The maximum absolute atomic E-state index is 13.0. The number of halogens is 5. The van der Waals surface area contributed by atoms with Crippen LogP contribution in [0, 0.1) is 17.7 Å². The summed E-state index contributed by atoms with van der Waals surface area (Å²) in [7, 11) is 0. The van der Waals surface area contributed by atoms with Crippen molar-refractivity contribution in [2.45, 2.75) is 12.6 Å². The van der Waals surface area contributed by atoms with Crippen molar-refractivity contribution in [2.75, 3.05) is 10.6 Å². The first kappa shape index (κ1) is 23.7. The molecule has 33 heavy (non-hydrogen) atoms. The number of carbonyl (C=O) groups is 2. The number of nitrogens with zero attached hydrogens (tertiary/aromatic N) is 2. The van der Waals surface area contributed by atoms with Gasteiger partial charge in [0.25, 0.3) is 0 Å². The molecular weight excluding hydrogens is 464 g/mol. The van der Waals surface area contributed by atoms with Crippen LogP contribution in [-0.4, -0.2) is 28.0 Å². The normalized spacial score (nSPS) is 10.7. The zero-order valence-corrected chi connectivity index (χ0v) is 17.3. The molecule has 0 aliphatic rings. The van der Waals surface area contributed by atoms with E-state index in [4.69, 9.17) is 11.6 Å². The van der Waals surface area contributed by atoms with Crippen LogP contribution in [0.25, 0.3) is 0 Å². The maximum atomic E-state index is 13.0. The number of hydrogen-bond acceptors (Lipinski definition) is 4. The van der Waals surface area contributed by atoms with E-state index >= 15 is 0 Å². The average molecular weight is 477 g/mol. The lowest BCUT2D eigenvalue weighted by molar-refractivity contribution is -0.167. The average Bonchev–Trinajstić information content (AvgIpc) is 2.75. The molecule has 0 aliphatic heterocycles. The number of nitrogens with one attached hydrogen (secondary N) is 2. The van der Waals surface area contributed by atoms with Gasteiger partial charge in [-0.2, -0.15) is 13.2 Å². The summed E-state index contributed by atoms with van der Waals surface area (Å²) in [5.74, 6) is 2.38. The Morgan fingerprint density at radius 2 is 1.67 bits per heavy atom. The van der Waals surface area contributed by atoms with Gasteiger partial charge in [-0.3, -0.25) is 9.59 Å². The predicted octanol–water partition coefficient (Wildman–Crippen LogP) is 4.35. The van der Waals surface area contributed by atoms with E-state index in [2.05, 4.69) is 27.1 Å². The molecule has 168 valence electrons. The summed E-state index contributed by atoms with van der Waals surface area (Å²) in [6.45, 7) is 0.